The smallest absolute Gasteiger partial charge is 0.254 e. The number of carbonyl (C=O) groups is 1. The molecule has 2 aliphatic rings. The van der Waals surface area contributed by atoms with Gasteiger partial charge in [-0.25, -0.2) is 4.39 Å². The van der Waals surface area contributed by atoms with Crippen LogP contribution in [0.15, 0.2) is 28.8 Å². The second-order valence-corrected chi connectivity index (χ2v) is 5.68. The molecule has 0 bridgehead atoms. The molecule has 1 amide bonds. The highest BCUT2D eigenvalue weighted by Crippen LogP contribution is 2.39. The summed E-state index contributed by atoms with van der Waals surface area (Å²) in [5, 5.41) is 3.98. The first-order chi connectivity index (χ1) is 10.2. The minimum Gasteiger partial charge on any atom is -0.339 e. The number of rotatable bonds is 3. The van der Waals surface area contributed by atoms with Crippen molar-refractivity contribution in [3.8, 4) is 0 Å². The van der Waals surface area contributed by atoms with Crippen molar-refractivity contribution in [2.24, 2.45) is 0 Å². The van der Waals surface area contributed by atoms with Gasteiger partial charge in [0.05, 0.1) is 5.92 Å². The largest absolute Gasteiger partial charge is 0.339 e. The van der Waals surface area contributed by atoms with Gasteiger partial charge >= 0.3 is 0 Å². The van der Waals surface area contributed by atoms with Crippen LogP contribution in [0.3, 0.4) is 0 Å². The zero-order valence-electron chi connectivity index (χ0n) is 11.3. The summed E-state index contributed by atoms with van der Waals surface area (Å²) in [5.74, 6) is 1.41. The Morgan fingerprint density at radius 2 is 2.10 bits per heavy atom. The molecule has 1 aromatic carbocycles. The van der Waals surface area contributed by atoms with Gasteiger partial charge < -0.3 is 9.42 Å². The average Bonchev–Trinajstić information content (AvgIpc) is 3.17. The minimum atomic E-state index is -0.399. The number of benzene rings is 1. The summed E-state index contributed by atoms with van der Waals surface area (Å²) in [6, 6.07) is 5.75. The first-order valence-corrected chi connectivity index (χ1v) is 7.09. The van der Waals surface area contributed by atoms with E-state index in [1.165, 1.54) is 12.1 Å². The summed E-state index contributed by atoms with van der Waals surface area (Å²) >= 11 is 0. The predicted octanol–water partition coefficient (Wildman–Crippen LogP) is 2.33. The average molecular weight is 287 g/mol. The molecule has 2 aromatic rings. The summed E-state index contributed by atoms with van der Waals surface area (Å²) in [6.07, 6.45) is 2.27. The topological polar surface area (TPSA) is 59.2 Å². The maximum atomic E-state index is 13.1. The van der Waals surface area contributed by atoms with Gasteiger partial charge in [-0.05, 0) is 31.0 Å². The Balaban J connectivity index is 1.40. The Morgan fingerprint density at radius 3 is 2.81 bits per heavy atom. The van der Waals surface area contributed by atoms with Crippen molar-refractivity contribution in [2.75, 3.05) is 13.1 Å². The van der Waals surface area contributed by atoms with Gasteiger partial charge in [0.15, 0.2) is 5.82 Å². The molecule has 2 heterocycles. The van der Waals surface area contributed by atoms with Crippen LogP contribution in [-0.2, 0) is 0 Å². The fourth-order valence-electron chi connectivity index (χ4n) is 2.53. The van der Waals surface area contributed by atoms with E-state index in [1.54, 1.807) is 17.0 Å². The van der Waals surface area contributed by atoms with Crippen molar-refractivity contribution < 1.29 is 13.7 Å². The molecule has 1 saturated carbocycles. The predicted molar refractivity (Wildman–Crippen MR) is 71.3 cm³/mol. The van der Waals surface area contributed by atoms with Gasteiger partial charge in [0.25, 0.3) is 5.91 Å². The zero-order chi connectivity index (χ0) is 14.4. The second kappa shape index (κ2) is 4.65. The fraction of sp³-hybridized carbons (Fsp3) is 0.400. The maximum Gasteiger partial charge on any atom is 0.254 e. The summed E-state index contributed by atoms with van der Waals surface area (Å²) < 4.78 is 18.4. The lowest BCUT2D eigenvalue weighted by molar-refractivity contribution is 0.0568. The normalized spacial score (nSPS) is 18.6. The minimum absolute atomic E-state index is 0.0995. The van der Waals surface area contributed by atoms with Crippen molar-refractivity contribution in [3.05, 3.63) is 47.4 Å². The maximum absolute atomic E-state index is 13.1. The third kappa shape index (κ3) is 2.30. The van der Waals surface area contributed by atoms with Crippen molar-refractivity contribution in [1.82, 2.24) is 15.0 Å². The van der Waals surface area contributed by atoms with Crippen LogP contribution in [0.4, 0.5) is 4.39 Å². The van der Waals surface area contributed by atoms with E-state index in [2.05, 4.69) is 10.1 Å². The first-order valence-electron chi connectivity index (χ1n) is 7.09. The van der Waals surface area contributed by atoms with Crippen molar-refractivity contribution >= 4 is 5.91 Å². The summed E-state index contributed by atoms with van der Waals surface area (Å²) in [7, 11) is 0. The van der Waals surface area contributed by atoms with Crippen LogP contribution in [0.5, 0.6) is 0 Å². The summed E-state index contributed by atoms with van der Waals surface area (Å²) in [5.41, 5.74) is 0.373. The van der Waals surface area contributed by atoms with E-state index >= 15 is 0 Å². The molecule has 1 aliphatic carbocycles. The number of likely N-dealkylation sites (tertiary alicyclic amines) is 1. The molecule has 21 heavy (non-hydrogen) atoms. The van der Waals surface area contributed by atoms with Crippen molar-refractivity contribution in [2.45, 2.75) is 24.7 Å². The molecule has 5 nitrogen and oxygen atoms in total. The first kappa shape index (κ1) is 12.5. The van der Waals surface area contributed by atoms with E-state index in [0.29, 0.717) is 30.5 Å². The van der Waals surface area contributed by atoms with Gasteiger partial charge in [-0.3, -0.25) is 4.79 Å². The molecular formula is C15H14FN3O2. The standard InChI is InChI=1S/C15H14FN3O2/c16-12-3-1-2-10(6-12)15(20)19-7-11(8-19)14-17-13(18-21-14)9-4-5-9/h1-3,6,9,11H,4-5,7-8H2. The monoisotopic (exact) mass is 287 g/mol. The van der Waals surface area contributed by atoms with Crippen molar-refractivity contribution in [1.29, 1.82) is 0 Å². The van der Waals surface area contributed by atoms with Crippen LogP contribution in [0.25, 0.3) is 0 Å². The molecule has 108 valence electrons. The molecule has 0 radical (unpaired) electrons. The van der Waals surface area contributed by atoms with Crippen LogP contribution in [0, 0.1) is 5.82 Å². The fourth-order valence-corrected chi connectivity index (χ4v) is 2.53. The second-order valence-electron chi connectivity index (χ2n) is 5.68. The number of hydrogen-bond donors (Lipinski definition) is 0. The van der Waals surface area contributed by atoms with Gasteiger partial charge in [0.1, 0.15) is 5.82 Å². The van der Waals surface area contributed by atoms with Gasteiger partial charge in [-0.2, -0.15) is 4.98 Å². The molecule has 0 atom stereocenters. The number of carbonyl (C=O) groups excluding carboxylic acids is 1. The lowest BCUT2D eigenvalue weighted by Gasteiger charge is -2.37. The third-order valence-corrected chi connectivity index (χ3v) is 3.99. The van der Waals surface area contributed by atoms with E-state index in [1.807, 2.05) is 0 Å². The number of nitrogens with zero attached hydrogens (tertiary/aromatic N) is 3. The molecule has 0 N–H and O–H groups in total. The Kier molecular flexibility index (Phi) is 2.77. The Labute approximate surface area is 120 Å². The van der Waals surface area contributed by atoms with E-state index in [0.717, 1.165) is 18.7 Å². The molecule has 1 saturated heterocycles. The molecular weight excluding hydrogens is 273 g/mol. The van der Waals surface area contributed by atoms with Gasteiger partial charge in [0, 0.05) is 24.6 Å². The van der Waals surface area contributed by atoms with Gasteiger partial charge in [-0.15, -0.1) is 0 Å². The van der Waals surface area contributed by atoms with Crippen LogP contribution in [0.1, 0.15) is 46.8 Å². The van der Waals surface area contributed by atoms with Crippen LogP contribution >= 0.6 is 0 Å². The Hall–Kier alpha value is -2.24. The Morgan fingerprint density at radius 1 is 1.29 bits per heavy atom. The highest BCUT2D eigenvalue weighted by atomic mass is 19.1. The number of aromatic nitrogens is 2. The third-order valence-electron chi connectivity index (χ3n) is 3.99. The van der Waals surface area contributed by atoms with E-state index < -0.39 is 5.82 Å². The van der Waals surface area contributed by atoms with E-state index in [4.69, 9.17) is 4.52 Å². The lowest BCUT2D eigenvalue weighted by atomic mass is 9.98. The van der Waals surface area contributed by atoms with Crippen molar-refractivity contribution in [3.63, 3.8) is 0 Å². The molecule has 1 aromatic heterocycles. The number of halogens is 1. The Bertz CT molecular complexity index is 690. The number of amides is 1. The van der Waals surface area contributed by atoms with Crippen LogP contribution in [-0.4, -0.2) is 34.0 Å². The lowest BCUT2D eigenvalue weighted by Crippen LogP contribution is -2.48. The molecule has 4 rings (SSSR count). The molecule has 0 spiro atoms. The van der Waals surface area contributed by atoms with Gasteiger partial charge in [-0.1, -0.05) is 11.2 Å². The van der Waals surface area contributed by atoms with E-state index in [-0.39, 0.29) is 11.8 Å². The SMILES string of the molecule is O=C(c1cccc(F)c1)N1CC(c2nc(C3CC3)no2)C1. The van der Waals surface area contributed by atoms with Crippen LogP contribution in [0.2, 0.25) is 0 Å². The van der Waals surface area contributed by atoms with Gasteiger partial charge in [0.2, 0.25) is 5.89 Å². The summed E-state index contributed by atoms with van der Waals surface area (Å²) in [6.45, 7) is 1.09. The zero-order valence-corrected chi connectivity index (χ0v) is 11.3. The molecule has 2 fully saturated rings. The highest BCUT2D eigenvalue weighted by Gasteiger charge is 2.37. The quantitative estimate of drug-likeness (QED) is 0.869. The highest BCUT2D eigenvalue weighted by molar-refractivity contribution is 5.94. The molecule has 1 aliphatic heterocycles. The summed E-state index contributed by atoms with van der Waals surface area (Å²) in [4.78, 5) is 18.2. The molecule has 0 unspecified atom stereocenters. The van der Waals surface area contributed by atoms with E-state index in [9.17, 15) is 9.18 Å². The van der Waals surface area contributed by atoms with Crippen LogP contribution < -0.4 is 0 Å². The number of hydrogen-bond acceptors (Lipinski definition) is 4. The molecule has 6 heteroatoms.